The summed E-state index contributed by atoms with van der Waals surface area (Å²) >= 11 is 0. The topological polar surface area (TPSA) is 82.6 Å². The highest BCUT2D eigenvalue weighted by Crippen LogP contribution is 2.35. The van der Waals surface area contributed by atoms with Gasteiger partial charge in [-0.05, 0) is 60.7 Å². The number of hydrogen-bond donors (Lipinski definition) is 2. The summed E-state index contributed by atoms with van der Waals surface area (Å²) in [5.41, 5.74) is 1.97. The third-order valence-electron chi connectivity index (χ3n) is 5.59. The molecule has 0 radical (unpaired) electrons. The zero-order chi connectivity index (χ0) is 20.5. The maximum atomic E-state index is 14.2. The number of methoxy groups -OCH3 is 1. The number of carbonyl (C=O) groups is 2. The molecule has 3 aromatic rings. The molecular formula is C22H21FN2O4. The van der Waals surface area contributed by atoms with Gasteiger partial charge in [0.25, 0.3) is 5.91 Å². The zero-order valence-electron chi connectivity index (χ0n) is 15.9. The zero-order valence-corrected chi connectivity index (χ0v) is 15.9. The largest absolute Gasteiger partial charge is 0.497 e. The number of piperidine rings is 1. The van der Waals surface area contributed by atoms with E-state index in [1.165, 1.54) is 17.7 Å². The van der Waals surface area contributed by atoms with Crippen LogP contribution in [0.1, 0.15) is 45.0 Å². The molecule has 0 spiro atoms. The van der Waals surface area contributed by atoms with E-state index in [1.807, 2.05) is 24.4 Å². The quantitative estimate of drug-likeness (QED) is 0.697. The van der Waals surface area contributed by atoms with Crippen LogP contribution in [0.5, 0.6) is 5.75 Å². The average molecular weight is 396 g/mol. The minimum absolute atomic E-state index is 0.0923. The molecule has 2 N–H and O–H groups in total. The van der Waals surface area contributed by atoms with Gasteiger partial charge in [-0.3, -0.25) is 4.79 Å². The van der Waals surface area contributed by atoms with Gasteiger partial charge < -0.3 is 19.7 Å². The second kappa shape index (κ2) is 7.58. The fraction of sp³-hybridized carbons (Fsp3) is 0.273. The molecule has 2 aromatic carbocycles. The van der Waals surface area contributed by atoms with E-state index < -0.39 is 17.7 Å². The van der Waals surface area contributed by atoms with Gasteiger partial charge >= 0.3 is 5.97 Å². The molecule has 1 aromatic heterocycles. The fourth-order valence-electron chi connectivity index (χ4n) is 3.97. The molecule has 0 saturated carbocycles. The van der Waals surface area contributed by atoms with Crippen molar-refractivity contribution >= 4 is 22.8 Å². The van der Waals surface area contributed by atoms with Crippen LogP contribution in [0.15, 0.2) is 42.6 Å². The molecular weight excluding hydrogens is 375 g/mol. The minimum Gasteiger partial charge on any atom is -0.497 e. The third-order valence-corrected chi connectivity index (χ3v) is 5.59. The highest BCUT2D eigenvalue weighted by molar-refractivity contribution is 5.96. The van der Waals surface area contributed by atoms with Gasteiger partial charge in [0.15, 0.2) is 0 Å². The summed E-state index contributed by atoms with van der Waals surface area (Å²) in [6, 6.07) is 9.30. The van der Waals surface area contributed by atoms with Crippen molar-refractivity contribution in [2.75, 3.05) is 20.2 Å². The minimum atomic E-state index is -1.22. The molecule has 1 aliphatic rings. The molecule has 4 rings (SSSR count). The van der Waals surface area contributed by atoms with Gasteiger partial charge in [-0.25, -0.2) is 9.18 Å². The molecule has 0 unspecified atom stereocenters. The second-order valence-electron chi connectivity index (χ2n) is 7.22. The Labute approximate surface area is 166 Å². The lowest BCUT2D eigenvalue weighted by Crippen LogP contribution is -2.38. The number of amides is 1. The molecule has 6 nitrogen and oxygen atoms in total. The summed E-state index contributed by atoms with van der Waals surface area (Å²) in [5.74, 6) is -1.34. The monoisotopic (exact) mass is 396 g/mol. The number of likely N-dealkylation sites (tertiary alicyclic amines) is 1. The number of carboxylic acids is 1. The van der Waals surface area contributed by atoms with Crippen molar-refractivity contribution in [3.63, 3.8) is 0 Å². The average Bonchev–Trinajstić information content (AvgIpc) is 3.16. The van der Waals surface area contributed by atoms with Crippen molar-refractivity contribution in [3.05, 3.63) is 65.1 Å². The number of H-pyrrole nitrogens is 1. The Morgan fingerprint density at radius 2 is 1.93 bits per heavy atom. The standard InChI is InChI=1S/C22H21FN2O4/c1-29-15-3-5-20-17(11-15)18(12-24-20)13-6-8-25(9-7-13)21(26)16-4-2-14(22(27)28)10-19(16)23/h2-5,10-13,24H,6-9H2,1H3,(H,27,28). The molecule has 0 atom stereocenters. The van der Waals surface area contributed by atoms with Crippen LogP contribution < -0.4 is 4.74 Å². The van der Waals surface area contributed by atoms with Crippen molar-refractivity contribution in [1.29, 1.82) is 0 Å². The van der Waals surface area contributed by atoms with E-state index in [1.54, 1.807) is 12.0 Å². The summed E-state index contributed by atoms with van der Waals surface area (Å²) in [6.45, 7) is 1.03. The lowest BCUT2D eigenvalue weighted by Gasteiger charge is -2.32. The molecule has 29 heavy (non-hydrogen) atoms. The fourth-order valence-corrected chi connectivity index (χ4v) is 3.97. The number of carboxylic acid groups (broad SMARTS) is 1. The molecule has 1 saturated heterocycles. The SMILES string of the molecule is COc1ccc2[nH]cc(C3CCN(C(=O)c4ccc(C(=O)O)cc4F)CC3)c2c1. The number of nitrogens with zero attached hydrogens (tertiary/aromatic N) is 1. The van der Waals surface area contributed by atoms with Crippen LogP contribution in [0, 0.1) is 5.82 Å². The lowest BCUT2D eigenvalue weighted by molar-refractivity contribution is 0.0686. The Morgan fingerprint density at radius 3 is 2.59 bits per heavy atom. The number of rotatable bonds is 4. The van der Waals surface area contributed by atoms with E-state index in [0.29, 0.717) is 19.0 Å². The van der Waals surface area contributed by atoms with Crippen molar-refractivity contribution in [2.45, 2.75) is 18.8 Å². The van der Waals surface area contributed by atoms with Gasteiger partial charge in [0.1, 0.15) is 11.6 Å². The molecule has 0 aliphatic carbocycles. The van der Waals surface area contributed by atoms with Crippen LogP contribution in [0.25, 0.3) is 10.9 Å². The molecule has 1 amide bonds. The first-order chi connectivity index (χ1) is 14.0. The molecule has 1 aliphatic heterocycles. The van der Waals surface area contributed by atoms with Crippen molar-refractivity contribution < 1.29 is 23.8 Å². The van der Waals surface area contributed by atoms with Crippen LogP contribution in [0.3, 0.4) is 0 Å². The van der Waals surface area contributed by atoms with Crippen LogP contribution >= 0.6 is 0 Å². The number of aromatic carboxylic acids is 1. The van der Waals surface area contributed by atoms with E-state index in [0.717, 1.165) is 35.6 Å². The Bertz CT molecular complexity index is 1080. The lowest BCUT2D eigenvalue weighted by atomic mass is 9.89. The number of ether oxygens (including phenoxy) is 1. The Hall–Kier alpha value is -3.35. The van der Waals surface area contributed by atoms with Gasteiger partial charge in [-0.15, -0.1) is 0 Å². The van der Waals surface area contributed by atoms with E-state index in [4.69, 9.17) is 9.84 Å². The molecule has 0 bridgehead atoms. The normalized spacial score (nSPS) is 14.9. The predicted octanol–water partition coefficient (Wildman–Crippen LogP) is 4.03. The van der Waals surface area contributed by atoms with E-state index in [-0.39, 0.29) is 11.1 Å². The number of aromatic nitrogens is 1. The van der Waals surface area contributed by atoms with Crippen molar-refractivity contribution in [1.82, 2.24) is 9.88 Å². The van der Waals surface area contributed by atoms with Gasteiger partial charge in [0.05, 0.1) is 18.2 Å². The van der Waals surface area contributed by atoms with Gasteiger partial charge in [0, 0.05) is 30.2 Å². The summed E-state index contributed by atoms with van der Waals surface area (Å²) in [7, 11) is 1.64. The van der Waals surface area contributed by atoms with Crippen LogP contribution in [0.2, 0.25) is 0 Å². The highest BCUT2D eigenvalue weighted by Gasteiger charge is 2.27. The molecule has 150 valence electrons. The Kier molecular flexibility index (Phi) is 4.96. The third kappa shape index (κ3) is 3.55. The number of halogens is 1. The number of fused-ring (bicyclic) bond motifs is 1. The van der Waals surface area contributed by atoms with Crippen molar-refractivity contribution in [2.24, 2.45) is 0 Å². The maximum absolute atomic E-state index is 14.2. The first kappa shape index (κ1) is 19.0. The number of aromatic amines is 1. The van der Waals surface area contributed by atoms with E-state index in [2.05, 4.69) is 4.98 Å². The van der Waals surface area contributed by atoms with Gasteiger partial charge in [-0.1, -0.05) is 0 Å². The molecule has 7 heteroatoms. The molecule has 2 heterocycles. The van der Waals surface area contributed by atoms with E-state index in [9.17, 15) is 14.0 Å². The van der Waals surface area contributed by atoms with Crippen LogP contribution in [0.4, 0.5) is 4.39 Å². The predicted molar refractivity (Wildman–Crippen MR) is 106 cm³/mol. The Balaban J connectivity index is 1.48. The number of carbonyl (C=O) groups excluding carboxylic acids is 1. The smallest absolute Gasteiger partial charge is 0.335 e. The first-order valence-corrected chi connectivity index (χ1v) is 9.45. The maximum Gasteiger partial charge on any atom is 0.335 e. The van der Waals surface area contributed by atoms with Crippen LogP contribution in [-0.2, 0) is 0 Å². The first-order valence-electron chi connectivity index (χ1n) is 9.45. The van der Waals surface area contributed by atoms with E-state index >= 15 is 0 Å². The van der Waals surface area contributed by atoms with Crippen molar-refractivity contribution in [3.8, 4) is 5.75 Å². The number of nitrogens with one attached hydrogen (secondary N) is 1. The summed E-state index contributed by atoms with van der Waals surface area (Å²) in [6.07, 6.45) is 3.55. The number of benzene rings is 2. The summed E-state index contributed by atoms with van der Waals surface area (Å²) in [4.78, 5) is 28.6. The second-order valence-corrected chi connectivity index (χ2v) is 7.22. The summed E-state index contributed by atoms with van der Waals surface area (Å²) in [5, 5.41) is 10.1. The van der Waals surface area contributed by atoms with Gasteiger partial charge in [0.2, 0.25) is 0 Å². The molecule has 1 fully saturated rings. The van der Waals surface area contributed by atoms with Gasteiger partial charge in [-0.2, -0.15) is 0 Å². The Morgan fingerprint density at radius 1 is 1.17 bits per heavy atom. The summed E-state index contributed by atoms with van der Waals surface area (Å²) < 4.78 is 19.6. The highest BCUT2D eigenvalue weighted by atomic mass is 19.1. The van der Waals surface area contributed by atoms with Crippen LogP contribution in [-0.4, -0.2) is 47.1 Å². The number of hydrogen-bond acceptors (Lipinski definition) is 3.